The largest absolute Gasteiger partial charge is 0.278 e. The van der Waals surface area contributed by atoms with Crippen LogP contribution < -0.4 is 0 Å². The summed E-state index contributed by atoms with van der Waals surface area (Å²) < 4.78 is 144. The van der Waals surface area contributed by atoms with Crippen LogP contribution in [0, 0.1) is 0 Å². The summed E-state index contributed by atoms with van der Waals surface area (Å²) in [5, 5.41) is -1.04. The zero-order valence-electron chi connectivity index (χ0n) is 48.4. The van der Waals surface area contributed by atoms with E-state index in [4.69, 9.17) is 31.4 Å². The van der Waals surface area contributed by atoms with Crippen LogP contribution in [0.4, 0.5) is 0 Å². The molecule has 0 aliphatic rings. The van der Waals surface area contributed by atoms with Crippen molar-refractivity contribution in [2.45, 2.75) is 0 Å². The fraction of sp³-hybridized carbons (Fsp3) is 0. The van der Waals surface area contributed by atoms with Gasteiger partial charge in [0, 0.05) is 27.1 Å². The molecule has 3 aromatic heterocycles. The summed E-state index contributed by atoms with van der Waals surface area (Å²) in [5.74, 6) is -1.07. The Kier molecular flexibility index (Phi) is 5.41. The Labute approximate surface area is 381 Å². The quantitative estimate of drug-likeness (QED) is 0.161. The lowest BCUT2D eigenvalue weighted by Gasteiger charge is -2.13. The summed E-state index contributed by atoms with van der Waals surface area (Å²) in [4.78, 5) is 14.4. The van der Waals surface area contributed by atoms with Gasteiger partial charge in [-0.15, -0.1) is 0 Å². The number of rotatable bonds is 7. The fourth-order valence-corrected chi connectivity index (χ4v) is 7.96. The molecule has 0 N–H and O–H groups in total. The van der Waals surface area contributed by atoms with E-state index in [2.05, 4.69) is 66.7 Å². The van der Waals surface area contributed by atoms with Gasteiger partial charge in [-0.05, 0) is 74.7 Å². The van der Waals surface area contributed by atoms with E-state index >= 15 is 0 Å². The highest BCUT2D eigenvalue weighted by atomic mass is 15.3. The van der Waals surface area contributed by atoms with Gasteiger partial charge in [0.15, 0.2) is 5.82 Å². The molecule has 0 aliphatic heterocycles. The van der Waals surface area contributed by atoms with Gasteiger partial charge in [0.2, 0.25) is 11.9 Å². The molecule has 9 aromatic carbocycles. The highest BCUT2D eigenvalue weighted by Crippen LogP contribution is 2.36. The van der Waals surface area contributed by atoms with Crippen molar-refractivity contribution in [3.63, 3.8) is 0 Å². The van der Waals surface area contributed by atoms with Gasteiger partial charge >= 0.3 is 0 Å². The Bertz CT molecular complexity index is 4210. The molecule has 0 radical (unpaired) electrons. The number of fused-ring (bicyclic) bond motifs is 6. The van der Waals surface area contributed by atoms with Crippen molar-refractivity contribution in [1.29, 1.82) is 0 Å². The van der Waals surface area contributed by atoms with Crippen LogP contribution in [0.3, 0.4) is 0 Å². The van der Waals surface area contributed by atoms with E-state index in [9.17, 15) is 5.48 Å². The average Bonchev–Trinajstić information content (AvgIpc) is 3.73. The van der Waals surface area contributed by atoms with Gasteiger partial charge < -0.3 is 0 Å². The first-order chi connectivity index (χ1) is 37.4. The van der Waals surface area contributed by atoms with Crippen molar-refractivity contribution >= 4 is 43.6 Å². The second-order valence-corrected chi connectivity index (χ2v) is 14.5. The first kappa shape index (κ1) is 22.8. The maximum absolute atomic E-state index is 9.19. The smallest absolute Gasteiger partial charge is 0.240 e. The monoisotopic (exact) mass is 807 g/mol. The third-order valence-electron chi connectivity index (χ3n) is 11.0. The average molecular weight is 808 g/mol. The molecule has 0 aliphatic carbocycles. The van der Waals surface area contributed by atoms with Crippen molar-refractivity contribution in [3.8, 4) is 67.8 Å². The van der Waals surface area contributed by atoms with E-state index in [0.717, 1.165) is 53.6 Å². The summed E-state index contributed by atoms with van der Waals surface area (Å²) in [5.41, 5.74) is 7.05. The SMILES string of the molecule is [2H]c1c([2H])c([2H])c2c(c1[2H])c1c([2H])c([2H])c([2H])c([2H])c1n2-c1nc(-c2ccc(-c3cccc(-c4ccc(-c5ccc(-c6ccccc6)cc5)cc4)c3)cc2)nc(-n2c3c([2H])c([2H])c([2H])c([2H])c3c3c([2H])c([2H])c([2H])c([2H])c32)n1. The minimum atomic E-state index is -0.697. The maximum Gasteiger partial charge on any atom is 0.240 e. The van der Waals surface area contributed by atoms with Crippen LogP contribution in [0.1, 0.15) is 21.9 Å². The van der Waals surface area contributed by atoms with Gasteiger partial charge in [-0.25, -0.2) is 0 Å². The van der Waals surface area contributed by atoms with Crippen LogP contribution in [0.15, 0.2) is 224 Å². The van der Waals surface area contributed by atoms with Gasteiger partial charge in [-0.1, -0.05) is 194 Å². The predicted molar refractivity (Wildman–Crippen MR) is 256 cm³/mol. The second kappa shape index (κ2) is 14.7. The van der Waals surface area contributed by atoms with Crippen molar-refractivity contribution in [3.05, 3.63) is 224 Å². The van der Waals surface area contributed by atoms with Crippen molar-refractivity contribution < 1.29 is 21.9 Å². The number of hydrogen-bond donors (Lipinski definition) is 0. The van der Waals surface area contributed by atoms with E-state index in [0.29, 0.717) is 5.56 Å². The van der Waals surface area contributed by atoms with E-state index in [1.807, 2.05) is 48.5 Å². The van der Waals surface area contributed by atoms with E-state index in [-0.39, 0.29) is 49.4 Å². The zero-order valence-corrected chi connectivity index (χ0v) is 32.4. The minimum absolute atomic E-state index is 0.140. The number of aromatic nitrogens is 5. The molecule has 62 heavy (non-hydrogen) atoms. The van der Waals surface area contributed by atoms with Crippen LogP contribution in [-0.2, 0) is 0 Å². The molecule has 12 rings (SSSR count). The molecule has 0 fully saturated rings. The van der Waals surface area contributed by atoms with E-state index < -0.39 is 109 Å². The summed E-state index contributed by atoms with van der Waals surface area (Å²) in [6, 6.07) is 31.5. The zero-order chi connectivity index (χ0) is 54.9. The Hall–Kier alpha value is -8.41. The summed E-state index contributed by atoms with van der Waals surface area (Å²) >= 11 is 0. The fourth-order valence-electron chi connectivity index (χ4n) is 7.96. The molecule has 0 amide bonds. The van der Waals surface area contributed by atoms with Gasteiger partial charge in [-0.2, -0.15) is 15.0 Å². The standard InChI is InChI=1S/C57H37N5/c1-2-13-38(14-3-1)39-25-27-40(28-26-39)41-29-31-42(32-30-41)45-15-12-16-46(37-45)43-33-35-44(36-34-43)55-58-56(61-51-21-8-4-17-47(51)48-18-5-9-22-52(48)61)60-57(59-55)62-53-23-10-6-19-49(53)50-20-7-11-24-54(50)62/h1-37H/i4D,5D,6D,7D,8D,9D,10D,11D,17D,18D,19D,20D,21D,22D,23D,24D. The highest BCUT2D eigenvalue weighted by Gasteiger charge is 2.20. The van der Waals surface area contributed by atoms with E-state index in [1.54, 1.807) is 12.1 Å². The summed E-state index contributed by atoms with van der Waals surface area (Å²) in [6.07, 6.45) is 0. The normalized spacial score (nSPS) is 15.2. The van der Waals surface area contributed by atoms with Gasteiger partial charge in [0.1, 0.15) is 0 Å². The molecule has 0 saturated heterocycles. The lowest BCUT2D eigenvalue weighted by Crippen LogP contribution is -2.10. The van der Waals surface area contributed by atoms with Gasteiger partial charge in [-0.3, -0.25) is 9.13 Å². The highest BCUT2D eigenvalue weighted by molar-refractivity contribution is 6.10. The molecule has 3 heterocycles. The lowest BCUT2D eigenvalue weighted by atomic mass is 9.96. The van der Waals surface area contributed by atoms with Gasteiger partial charge in [0.05, 0.1) is 44.0 Å². The summed E-state index contributed by atoms with van der Waals surface area (Å²) in [7, 11) is 0. The van der Waals surface area contributed by atoms with Crippen molar-refractivity contribution in [2.75, 3.05) is 0 Å². The number of benzene rings is 9. The van der Waals surface area contributed by atoms with Crippen molar-refractivity contribution in [2.24, 2.45) is 0 Å². The molecule has 0 atom stereocenters. The molecule has 0 unspecified atom stereocenters. The molecule has 5 heteroatoms. The lowest BCUT2D eigenvalue weighted by molar-refractivity contribution is 0.893. The molecule has 12 aromatic rings. The predicted octanol–water partition coefficient (Wildman–Crippen LogP) is 14.4. The second-order valence-electron chi connectivity index (χ2n) is 14.5. The van der Waals surface area contributed by atoms with Crippen molar-refractivity contribution in [1.82, 2.24) is 24.1 Å². The number of para-hydroxylation sites is 4. The molecular weight excluding hydrogens is 755 g/mol. The Morgan fingerprint density at radius 2 is 0.597 bits per heavy atom. The van der Waals surface area contributed by atoms with Crippen LogP contribution in [0.2, 0.25) is 0 Å². The van der Waals surface area contributed by atoms with Crippen LogP contribution in [0.5, 0.6) is 0 Å². The Morgan fingerprint density at radius 3 is 0.984 bits per heavy atom. The summed E-state index contributed by atoms with van der Waals surface area (Å²) in [6.45, 7) is 0. The van der Waals surface area contributed by atoms with Crippen LogP contribution in [0.25, 0.3) is 111 Å². The number of hydrogen-bond acceptors (Lipinski definition) is 3. The molecule has 5 nitrogen and oxygen atoms in total. The Balaban J connectivity index is 1.05. The van der Waals surface area contributed by atoms with Gasteiger partial charge in [0.25, 0.3) is 0 Å². The first-order valence-corrected chi connectivity index (χ1v) is 19.6. The van der Waals surface area contributed by atoms with Crippen LogP contribution in [-0.4, -0.2) is 24.1 Å². The molecule has 290 valence electrons. The Morgan fingerprint density at radius 1 is 0.290 bits per heavy atom. The molecule has 0 bridgehead atoms. The topological polar surface area (TPSA) is 48.5 Å². The molecular formula is C57H37N5. The van der Waals surface area contributed by atoms with E-state index in [1.165, 1.54) is 0 Å². The molecule has 0 saturated carbocycles. The van der Waals surface area contributed by atoms with Crippen LogP contribution >= 0.6 is 0 Å². The first-order valence-electron chi connectivity index (χ1n) is 27.6. The maximum atomic E-state index is 9.19. The number of nitrogens with zero attached hydrogens (tertiary/aromatic N) is 5. The third kappa shape index (κ3) is 6.06. The third-order valence-corrected chi connectivity index (χ3v) is 11.0. The minimum Gasteiger partial charge on any atom is -0.278 e. The molecule has 0 spiro atoms.